The van der Waals surface area contributed by atoms with Gasteiger partial charge in [-0.05, 0) is 60.7 Å². The van der Waals surface area contributed by atoms with Gasteiger partial charge in [0.25, 0.3) is 5.56 Å². The van der Waals surface area contributed by atoms with Crippen LogP contribution in [-0.4, -0.2) is 21.1 Å². The fourth-order valence-electron chi connectivity index (χ4n) is 4.86. The lowest BCUT2D eigenvalue weighted by atomic mass is 9.83. The maximum absolute atomic E-state index is 13.2. The molecule has 0 atom stereocenters. The highest BCUT2D eigenvalue weighted by molar-refractivity contribution is 7.99. The van der Waals surface area contributed by atoms with E-state index in [0.717, 1.165) is 16.0 Å². The summed E-state index contributed by atoms with van der Waals surface area (Å²) in [5.41, 5.74) is 3.94. The first-order valence-electron chi connectivity index (χ1n) is 12.1. The third-order valence-electron chi connectivity index (χ3n) is 6.50. The number of carbonyl (C=O) groups excluding carboxylic acids is 2. The van der Waals surface area contributed by atoms with Gasteiger partial charge in [0, 0.05) is 27.1 Å². The first kappa shape index (κ1) is 24.7. The predicted molar refractivity (Wildman–Crippen MR) is 144 cm³/mol. The van der Waals surface area contributed by atoms with E-state index in [-0.39, 0.29) is 24.0 Å². The van der Waals surface area contributed by atoms with E-state index < -0.39 is 11.2 Å². The molecule has 0 unspecified atom stereocenters. The number of nitrogens with one attached hydrogen (secondary N) is 1. The molecule has 1 N–H and O–H groups in total. The Morgan fingerprint density at radius 3 is 2.00 bits per heavy atom. The predicted octanol–water partition coefficient (Wildman–Crippen LogP) is 5.25. The average Bonchev–Trinajstić information content (AvgIpc) is 2.84. The number of fused-ring (bicyclic) bond motifs is 2. The Morgan fingerprint density at radius 2 is 1.38 bits per heavy atom. The smallest absolute Gasteiger partial charge is 0.289 e. The Labute approximate surface area is 218 Å². The summed E-state index contributed by atoms with van der Waals surface area (Å²) < 4.78 is 1.55. The highest BCUT2D eigenvalue weighted by Gasteiger charge is 2.29. The van der Waals surface area contributed by atoms with Crippen molar-refractivity contribution in [2.75, 3.05) is 0 Å². The van der Waals surface area contributed by atoms with Crippen molar-refractivity contribution in [1.29, 1.82) is 0 Å². The SMILES string of the molecule is Cc1cc(C)cc(Sc2c(C(C)C)c(=O)[nH]c(=O)n2Cc2ccc3c(c2)C(=O)c2ccccc2C3=O)c1. The lowest BCUT2D eigenvalue weighted by Crippen LogP contribution is -2.34. The van der Waals surface area contributed by atoms with E-state index in [0.29, 0.717) is 38.4 Å². The van der Waals surface area contributed by atoms with Gasteiger partial charge in [0.2, 0.25) is 0 Å². The Hall–Kier alpha value is -3.97. The highest BCUT2D eigenvalue weighted by Crippen LogP contribution is 2.33. The summed E-state index contributed by atoms with van der Waals surface area (Å²) in [6, 6.07) is 18.0. The van der Waals surface area contributed by atoms with E-state index in [1.165, 1.54) is 11.8 Å². The fraction of sp³-hybridized carbons (Fsp3) is 0.200. The van der Waals surface area contributed by atoms with Crippen molar-refractivity contribution in [2.24, 2.45) is 0 Å². The number of carbonyl (C=O) groups is 2. The van der Waals surface area contributed by atoms with Crippen molar-refractivity contribution >= 4 is 23.3 Å². The Bertz CT molecular complexity index is 1690. The van der Waals surface area contributed by atoms with Crippen molar-refractivity contribution in [3.63, 3.8) is 0 Å². The quantitative estimate of drug-likeness (QED) is 0.326. The Morgan fingerprint density at radius 1 is 0.784 bits per heavy atom. The number of aromatic nitrogens is 2. The molecule has 0 bridgehead atoms. The zero-order valence-electron chi connectivity index (χ0n) is 21.0. The molecular formula is C30H26N2O4S. The first-order chi connectivity index (χ1) is 17.6. The summed E-state index contributed by atoms with van der Waals surface area (Å²) in [4.78, 5) is 55.6. The van der Waals surface area contributed by atoms with Gasteiger partial charge in [-0.15, -0.1) is 0 Å². The molecule has 0 spiro atoms. The number of rotatable bonds is 5. The third-order valence-corrected chi connectivity index (χ3v) is 7.61. The van der Waals surface area contributed by atoms with Crippen LogP contribution in [0.3, 0.4) is 0 Å². The van der Waals surface area contributed by atoms with Crippen LogP contribution >= 0.6 is 11.8 Å². The molecule has 6 nitrogen and oxygen atoms in total. The molecule has 7 heteroatoms. The molecule has 1 aromatic heterocycles. The number of H-pyrrole nitrogens is 1. The van der Waals surface area contributed by atoms with Gasteiger partial charge in [-0.3, -0.25) is 23.9 Å². The van der Waals surface area contributed by atoms with Gasteiger partial charge in [0.15, 0.2) is 11.6 Å². The molecule has 3 aromatic carbocycles. The number of aromatic amines is 1. The lowest BCUT2D eigenvalue weighted by Gasteiger charge is -2.20. The van der Waals surface area contributed by atoms with Gasteiger partial charge in [0.05, 0.1) is 17.1 Å². The molecule has 0 aliphatic heterocycles. The molecule has 4 aromatic rings. The van der Waals surface area contributed by atoms with Crippen molar-refractivity contribution in [3.8, 4) is 0 Å². The van der Waals surface area contributed by atoms with Crippen LogP contribution in [0.4, 0.5) is 0 Å². The Balaban J connectivity index is 1.62. The van der Waals surface area contributed by atoms with E-state index in [1.54, 1.807) is 47.0 Å². The van der Waals surface area contributed by atoms with Gasteiger partial charge >= 0.3 is 5.69 Å². The normalized spacial score (nSPS) is 12.6. The van der Waals surface area contributed by atoms with Crippen molar-refractivity contribution in [3.05, 3.63) is 126 Å². The molecule has 5 rings (SSSR count). The van der Waals surface area contributed by atoms with E-state index in [2.05, 4.69) is 11.1 Å². The first-order valence-corrected chi connectivity index (χ1v) is 12.9. The van der Waals surface area contributed by atoms with Crippen molar-refractivity contribution < 1.29 is 9.59 Å². The molecule has 1 heterocycles. The van der Waals surface area contributed by atoms with Crippen LogP contribution in [0.15, 0.2) is 80.2 Å². The molecule has 0 amide bonds. The van der Waals surface area contributed by atoms with E-state index in [9.17, 15) is 19.2 Å². The Kier molecular flexibility index (Phi) is 6.33. The number of aryl methyl sites for hydroxylation is 2. The maximum atomic E-state index is 13.2. The summed E-state index contributed by atoms with van der Waals surface area (Å²) in [6.45, 7) is 8.00. The second kappa shape index (κ2) is 9.48. The lowest BCUT2D eigenvalue weighted by molar-refractivity contribution is 0.0979. The maximum Gasteiger partial charge on any atom is 0.329 e. The highest BCUT2D eigenvalue weighted by atomic mass is 32.2. The van der Waals surface area contributed by atoms with Gasteiger partial charge in [-0.1, -0.05) is 62.0 Å². The molecule has 0 fully saturated rings. The van der Waals surface area contributed by atoms with Crippen LogP contribution < -0.4 is 11.2 Å². The molecule has 1 aliphatic carbocycles. The number of hydrogen-bond acceptors (Lipinski definition) is 5. The largest absolute Gasteiger partial charge is 0.329 e. The van der Waals surface area contributed by atoms with Crippen LogP contribution in [0.2, 0.25) is 0 Å². The minimum Gasteiger partial charge on any atom is -0.289 e. The second-order valence-corrected chi connectivity index (χ2v) is 10.8. The number of nitrogens with zero attached hydrogens (tertiary/aromatic N) is 1. The minimum atomic E-state index is -0.522. The topological polar surface area (TPSA) is 89.0 Å². The van der Waals surface area contributed by atoms with E-state index >= 15 is 0 Å². The number of hydrogen-bond donors (Lipinski definition) is 1. The summed E-state index contributed by atoms with van der Waals surface area (Å²) >= 11 is 1.39. The average molecular weight is 511 g/mol. The van der Waals surface area contributed by atoms with E-state index in [1.807, 2.05) is 39.8 Å². The van der Waals surface area contributed by atoms with Crippen LogP contribution in [-0.2, 0) is 6.54 Å². The molecule has 186 valence electrons. The van der Waals surface area contributed by atoms with Crippen molar-refractivity contribution in [1.82, 2.24) is 9.55 Å². The van der Waals surface area contributed by atoms with Gasteiger partial charge in [0.1, 0.15) is 0 Å². The monoisotopic (exact) mass is 510 g/mol. The molecule has 0 radical (unpaired) electrons. The zero-order valence-corrected chi connectivity index (χ0v) is 21.9. The van der Waals surface area contributed by atoms with Gasteiger partial charge in [-0.2, -0.15) is 0 Å². The summed E-state index contributed by atoms with van der Waals surface area (Å²) in [7, 11) is 0. The third kappa shape index (κ3) is 4.51. The molecule has 37 heavy (non-hydrogen) atoms. The zero-order chi connectivity index (χ0) is 26.4. The van der Waals surface area contributed by atoms with Crippen molar-refractivity contribution in [2.45, 2.75) is 50.1 Å². The summed E-state index contributed by atoms with van der Waals surface area (Å²) in [5.74, 6) is -0.525. The molecule has 1 aliphatic rings. The molecular weight excluding hydrogens is 484 g/mol. The number of ketones is 2. The minimum absolute atomic E-state index is 0.122. The summed E-state index contributed by atoms with van der Waals surface area (Å²) in [6.07, 6.45) is 0. The molecule has 0 saturated heterocycles. The number of benzene rings is 3. The van der Waals surface area contributed by atoms with Crippen LogP contribution in [0.25, 0.3) is 0 Å². The van der Waals surface area contributed by atoms with Crippen LogP contribution in [0.5, 0.6) is 0 Å². The molecule has 0 saturated carbocycles. The van der Waals surface area contributed by atoms with E-state index in [4.69, 9.17) is 0 Å². The standard InChI is InChI=1S/C30H26N2O4S/c1-16(2)25-28(35)31-30(36)32(29(25)37-20-12-17(3)11-18(4)13-20)15-19-9-10-23-24(14-19)27(34)22-8-6-5-7-21(22)26(23)33/h5-14,16H,15H2,1-4H3,(H,31,35,36). The fourth-order valence-corrected chi connectivity index (χ4v) is 6.27. The summed E-state index contributed by atoms with van der Waals surface area (Å²) in [5, 5.41) is 0.569. The second-order valence-electron chi connectivity index (χ2n) is 9.73. The van der Waals surface area contributed by atoms with Gasteiger partial charge in [-0.25, -0.2) is 4.79 Å². The van der Waals surface area contributed by atoms with Crippen LogP contribution in [0.1, 0.15) is 73.9 Å². The van der Waals surface area contributed by atoms with Gasteiger partial charge < -0.3 is 0 Å². The van der Waals surface area contributed by atoms with Crippen LogP contribution in [0, 0.1) is 13.8 Å².